The maximum Gasteiger partial charge on any atom is 0.329 e. The van der Waals surface area contributed by atoms with Gasteiger partial charge in [-0.05, 0) is 25.7 Å². The highest BCUT2D eigenvalue weighted by molar-refractivity contribution is 5.82. The van der Waals surface area contributed by atoms with E-state index in [0.29, 0.717) is 12.8 Å². The number of nitrogens with one attached hydrogen (secondary N) is 1. The van der Waals surface area contributed by atoms with Crippen molar-refractivity contribution in [2.45, 2.75) is 56.5 Å². The molecule has 20 heavy (non-hydrogen) atoms. The molecule has 108 valence electrons. The van der Waals surface area contributed by atoms with Crippen molar-refractivity contribution < 1.29 is 9.90 Å². The van der Waals surface area contributed by atoms with E-state index in [9.17, 15) is 14.7 Å². The van der Waals surface area contributed by atoms with Crippen molar-refractivity contribution in [2.24, 2.45) is 0 Å². The zero-order chi connectivity index (χ0) is 14.2. The van der Waals surface area contributed by atoms with E-state index >= 15 is 0 Å². The van der Waals surface area contributed by atoms with Gasteiger partial charge in [-0.3, -0.25) is 4.79 Å². The average Bonchev–Trinajstić information content (AvgIpc) is 3.26. The monoisotopic (exact) mass is 277 g/mol. The predicted octanol–water partition coefficient (Wildman–Crippen LogP) is 1.78. The Bertz CT molecular complexity index is 571. The van der Waals surface area contributed by atoms with E-state index in [4.69, 9.17) is 0 Å². The lowest BCUT2D eigenvalue weighted by atomic mass is 9.81. The van der Waals surface area contributed by atoms with Gasteiger partial charge in [-0.2, -0.15) is 0 Å². The smallest absolute Gasteiger partial charge is 0.329 e. The summed E-state index contributed by atoms with van der Waals surface area (Å²) in [5.74, 6) is -0.719. The van der Waals surface area contributed by atoms with Crippen molar-refractivity contribution in [3.8, 4) is 0 Å². The SMILES string of the molecule is O=C(O)C1(Nc2nccn(C3CC3)c2=O)CCCCC1. The van der Waals surface area contributed by atoms with Crippen molar-refractivity contribution in [3.05, 3.63) is 22.7 Å². The summed E-state index contributed by atoms with van der Waals surface area (Å²) < 4.78 is 1.66. The fraction of sp³-hybridized carbons (Fsp3) is 0.643. The van der Waals surface area contributed by atoms with Crippen LogP contribution in [0.2, 0.25) is 0 Å². The van der Waals surface area contributed by atoms with Crippen LogP contribution < -0.4 is 10.9 Å². The summed E-state index contributed by atoms with van der Waals surface area (Å²) in [5, 5.41) is 12.5. The van der Waals surface area contributed by atoms with E-state index < -0.39 is 11.5 Å². The molecule has 0 amide bonds. The van der Waals surface area contributed by atoms with Crippen molar-refractivity contribution in [2.75, 3.05) is 5.32 Å². The van der Waals surface area contributed by atoms with Crippen molar-refractivity contribution in [1.82, 2.24) is 9.55 Å². The van der Waals surface area contributed by atoms with Gasteiger partial charge in [-0.15, -0.1) is 0 Å². The van der Waals surface area contributed by atoms with Crippen LogP contribution in [0, 0.1) is 0 Å². The molecule has 6 nitrogen and oxygen atoms in total. The Morgan fingerprint density at radius 2 is 2.05 bits per heavy atom. The van der Waals surface area contributed by atoms with Gasteiger partial charge in [0.15, 0.2) is 5.82 Å². The van der Waals surface area contributed by atoms with Crippen LogP contribution in [0.3, 0.4) is 0 Å². The standard InChI is InChI=1S/C14H19N3O3/c18-12-11(15-8-9-17(12)10-4-5-10)16-14(13(19)20)6-2-1-3-7-14/h8-10H,1-7H2,(H,15,16)(H,19,20). The topological polar surface area (TPSA) is 84.2 Å². The van der Waals surface area contributed by atoms with Crippen molar-refractivity contribution >= 4 is 11.8 Å². The van der Waals surface area contributed by atoms with Crippen LogP contribution in [0.15, 0.2) is 17.2 Å². The van der Waals surface area contributed by atoms with E-state index in [1.165, 1.54) is 0 Å². The maximum absolute atomic E-state index is 12.3. The molecule has 2 saturated carbocycles. The van der Waals surface area contributed by atoms with Gasteiger partial charge in [0.1, 0.15) is 5.54 Å². The summed E-state index contributed by atoms with van der Waals surface area (Å²) in [6.45, 7) is 0. The average molecular weight is 277 g/mol. The van der Waals surface area contributed by atoms with Gasteiger partial charge in [0.2, 0.25) is 0 Å². The number of carboxylic acids is 1. The molecule has 0 bridgehead atoms. The molecule has 1 heterocycles. The summed E-state index contributed by atoms with van der Waals surface area (Å²) in [5.41, 5.74) is -1.24. The van der Waals surface area contributed by atoms with Gasteiger partial charge < -0.3 is 15.0 Å². The number of anilines is 1. The first-order valence-electron chi connectivity index (χ1n) is 7.21. The number of aromatic nitrogens is 2. The van der Waals surface area contributed by atoms with E-state index in [2.05, 4.69) is 10.3 Å². The Hall–Kier alpha value is -1.85. The van der Waals surface area contributed by atoms with Gasteiger partial charge in [0, 0.05) is 18.4 Å². The van der Waals surface area contributed by atoms with Gasteiger partial charge in [-0.1, -0.05) is 19.3 Å². The third-order valence-electron chi connectivity index (χ3n) is 4.28. The fourth-order valence-corrected chi connectivity index (χ4v) is 2.93. The molecule has 0 atom stereocenters. The number of hydrogen-bond donors (Lipinski definition) is 2. The second kappa shape index (κ2) is 4.92. The maximum atomic E-state index is 12.3. The molecule has 6 heteroatoms. The molecule has 2 N–H and O–H groups in total. The number of carboxylic acid groups (broad SMARTS) is 1. The van der Waals surface area contributed by atoms with Gasteiger partial charge >= 0.3 is 5.97 Å². The zero-order valence-corrected chi connectivity index (χ0v) is 11.3. The number of rotatable bonds is 4. The molecule has 0 aliphatic heterocycles. The predicted molar refractivity (Wildman–Crippen MR) is 73.8 cm³/mol. The van der Waals surface area contributed by atoms with E-state index in [0.717, 1.165) is 32.1 Å². The molecular weight excluding hydrogens is 258 g/mol. The first-order valence-corrected chi connectivity index (χ1v) is 7.21. The summed E-state index contributed by atoms with van der Waals surface area (Å²) >= 11 is 0. The van der Waals surface area contributed by atoms with Crippen LogP contribution in [0.5, 0.6) is 0 Å². The largest absolute Gasteiger partial charge is 0.480 e. The minimum absolute atomic E-state index is 0.170. The van der Waals surface area contributed by atoms with E-state index in [1.807, 2.05) is 0 Å². The lowest BCUT2D eigenvalue weighted by Gasteiger charge is -2.34. The minimum atomic E-state index is -1.03. The highest BCUT2D eigenvalue weighted by atomic mass is 16.4. The quantitative estimate of drug-likeness (QED) is 0.876. The molecule has 1 aromatic rings. The Kier molecular flexibility index (Phi) is 3.23. The lowest BCUT2D eigenvalue weighted by molar-refractivity contribution is -0.143. The third-order valence-corrected chi connectivity index (χ3v) is 4.28. The Morgan fingerprint density at radius 1 is 1.35 bits per heavy atom. The Labute approximate surface area is 116 Å². The van der Waals surface area contributed by atoms with E-state index in [-0.39, 0.29) is 17.4 Å². The lowest BCUT2D eigenvalue weighted by Crippen LogP contribution is -2.49. The highest BCUT2D eigenvalue weighted by Gasteiger charge is 2.40. The second-order valence-corrected chi connectivity index (χ2v) is 5.79. The van der Waals surface area contributed by atoms with Gasteiger partial charge in [-0.25, -0.2) is 9.78 Å². The summed E-state index contributed by atoms with van der Waals surface area (Å²) in [6, 6.07) is 0.262. The molecule has 0 aromatic carbocycles. The highest BCUT2D eigenvalue weighted by Crippen LogP contribution is 2.34. The molecule has 2 aliphatic rings. The zero-order valence-electron chi connectivity index (χ0n) is 11.3. The third kappa shape index (κ3) is 2.30. The Morgan fingerprint density at radius 3 is 2.65 bits per heavy atom. The van der Waals surface area contributed by atoms with Crippen LogP contribution in [-0.4, -0.2) is 26.2 Å². The van der Waals surface area contributed by atoms with Crippen LogP contribution >= 0.6 is 0 Å². The van der Waals surface area contributed by atoms with Crippen LogP contribution in [0.25, 0.3) is 0 Å². The molecular formula is C14H19N3O3. The summed E-state index contributed by atoms with van der Waals surface area (Å²) in [4.78, 5) is 28.0. The van der Waals surface area contributed by atoms with Gasteiger partial charge in [0.25, 0.3) is 5.56 Å². The minimum Gasteiger partial charge on any atom is -0.480 e. The second-order valence-electron chi connectivity index (χ2n) is 5.79. The van der Waals surface area contributed by atoms with Crippen LogP contribution in [0.4, 0.5) is 5.82 Å². The number of carbonyl (C=O) groups is 1. The number of nitrogens with zero attached hydrogens (tertiary/aromatic N) is 2. The van der Waals surface area contributed by atoms with Gasteiger partial charge in [0.05, 0.1) is 0 Å². The fourth-order valence-electron chi connectivity index (χ4n) is 2.93. The van der Waals surface area contributed by atoms with E-state index in [1.54, 1.807) is 17.0 Å². The van der Waals surface area contributed by atoms with Crippen LogP contribution in [0.1, 0.15) is 51.0 Å². The molecule has 2 fully saturated rings. The molecule has 2 aliphatic carbocycles. The molecule has 3 rings (SSSR count). The molecule has 0 radical (unpaired) electrons. The first kappa shape index (κ1) is 13.1. The molecule has 0 saturated heterocycles. The van der Waals surface area contributed by atoms with Crippen LogP contribution in [-0.2, 0) is 4.79 Å². The normalized spacial score (nSPS) is 21.4. The molecule has 0 spiro atoms. The molecule has 1 aromatic heterocycles. The first-order chi connectivity index (χ1) is 9.62. The van der Waals surface area contributed by atoms with Crippen molar-refractivity contribution in [3.63, 3.8) is 0 Å². The number of aliphatic carboxylic acids is 1. The Balaban J connectivity index is 1.91. The molecule has 0 unspecified atom stereocenters. The number of hydrogen-bond acceptors (Lipinski definition) is 4. The summed E-state index contributed by atoms with van der Waals surface area (Å²) in [7, 11) is 0. The van der Waals surface area contributed by atoms with Crippen molar-refractivity contribution in [1.29, 1.82) is 0 Å². The summed E-state index contributed by atoms with van der Waals surface area (Å²) in [6.07, 6.45) is 9.13.